The van der Waals surface area contributed by atoms with E-state index in [-0.39, 0.29) is 5.91 Å². The Hall–Kier alpha value is -3.08. The predicted octanol–water partition coefficient (Wildman–Crippen LogP) is 2.68. The molecular formula is C18H17N3O2. The first-order valence-electron chi connectivity index (χ1n) is 7.39. The highest BCUT2D eigenvalue weighted by atomic mass is 16.5. The van der Waals surface area contributed by atoms with Gasteiger partial charge in [-0.05, 0) is 24.3 Å². The van der Waals surface area contributed by atoms with Crippen molar-refractivity contribution in [1.29, 1.82) is 0 Å². The van der Waals surface area contributed by atoms with E-state index in [4.69, 9.17) is 4.74 Å². The van der Waals surface area contributed by atoms with Gasteiger partial charge in [0.1, 0.15) is 12.4 Å². The van der Waals surface area contributed by atoms with Gasteiger partial charge in [0.05, 0.1) is 24.0 Å². The van der Waals surface area contributed by atoms with Crippen molar-refractivity contribution in [3.8, 4) is 11.4 Å². The van der Waals surface area contributed by atoms with Crippen LogP contribution in [0.15, 0.2) is 73.1 Å². The lowest BCUT2D eigenvalue weighted by atomic mass is 10.3. The SMILES string of the molecule is O=C(NCCOc1ccccc1)c1cnn(-c2ccccc2)c1. The third kappa shape index (κ3) is 3.97. The first kappa shape index (κ1) is 14.8. The molecule has 0 aliphatic heterocycles. The fraction of sp³-hybridized carbons (Fsp3) is 0.111. The Balaban J connectivity index is 1.50. The number of rotatable bonds is 6. The minimum Gasteiger partial charge on any atom is -0.492 e. The highest BCUT2D eigenvalue weighted by Crippen LogP contribution is 2.08. The van der Waals surface area contributed by atoms with Crippen LogP contribution in [0.2, 0.25) is 0 Å². The molecule has 1 heterocycles. The van der Waals surface area contributed by atoms with Crippen LogP contribution in [0.25, 0.3) is 5.69 Å². The number of nitrogens with zero attached hydrogens (tertiary/aromatic N) is 2. The molecule has 0 bridgehead atoms. The number of ether oxygens (including phenoxy) is 1. The second-order valence-corrected chi connectivity index (χ2v) is 4.93. The Kier molecular flexibility index (Phi) is 4.69. The lowest BCUT2D eigenvalue weighted by molar-refractivity contribution is 0.0947. The average molecular weight is 307 g/mol. The number of carbonyl (C=O) groups is 1. The van der Waals surface area contributed by atoms with E-state index in [2.05, 4.69) is 10.4 Å². The monoisotopic (exact) mass is 307 g/mol. The molecule has 116 valence electrons. The molecule has 3 aromatic rings. The van der Waals surface area contributed by atoms with Gasteiger partial charge in [-0.3, -0.25) is 4.79 Å². The maximum absolute atomic E-state index is 12.1. The molecule has 0 radical (unpaired) electrons. The highest BCUT2D eigenvalue weighted by Gasteiger charge is 2.08. The first-order valence-corrected chi connectivity index (χ1v) is 7.39. The van der Waals surface area contributed by atoms with E-state index in [1.165, 1.54) is 0 Å². The van der Waals surface area contributed by atoms with Crippen LogP contribution in [0.5, 0.6) is 5.75 Å². The fourth-order valence-electron chi connectivity index (χ4n) is 2.11. The van der Waals surface area contributed by atoms with E-state index in [0.717, 1.165) is 11.4 Å². The van der Waals surface area contributed by atoms with Crippen LogP contribution in [0.3, 0.4) is 0 Å². The summed E-state index contributed by atoms with van der Waals surface area (Å²) >= 11 is 0. The molecule has 0 atom stereocenters. The minimum absolute atomic E-state index is 0.163. The Morgan fingerprint density at radius 1 is 1.04 bits per heavy atom. The maximum Gasteiger partial charge on any atom is 0.254 e. The molecule has 23 heavy (non-hydrogen) atoms. The van der Waals surface area contributed by atoms with Crippen molar-refractivity contribution < 1.29 is 9.53 Å². The van der Waals surface area contributed by atoms with Crippen molar-refractivity contribution in [3.05, 3.63) is 78.6 Å². The molecule has 0 saturated carbocycles. The number of nitrogens with one attached hydrogen (secondary N) is 1. The second-order valence-electron chi connectivity index (χ2n) is 4.93. The van der Waals surface area contributed by atoms with Crippen molar-refractivity contribution in [3.63, 3.8) is 0 Å². The molecule has 5 nitrogen and oxygen atoms in total. The summed E-state index contributed by atoms with van der Waals surface area (Å²) in [5.41, 5.74) is 1.44. The summed E-state index contributed by atoms with van der Waals surface area (Å²) in [6, 6.07) is 19.2. The van der Waals surface area contributed by atoms with E-state index in [9.17, 15) is 4.79 Å². The van der Waals surface area contributed by atoms with Crippen LogP contribution in [0.1, 0.15) is 10.4 Å². The summed E-state index contributed by atoms with van der Waals surface area (Å²) in [4.78, 5) is 12.1. The van der Waals surface area contributed by atoms with Gasteiger partial charge in [-0.25, -0.2) is 4.68 Å². The number of carbonyl (C=O) groups excluding carboxylic acids is 1. The van der Waals surface area contributed by atoms with Crippen molar-refractivity contribution in [2.75, 3.05) is 13.2 Å². The molecular weight excluding hydrogens is 290 g/mol. The van der Waals surface area contributed by atoms with Crippen molar-refractivity contribution in [2.24, 2.45) is 0 Å². The first-order chi connectivity index (χ1) is 11.3. The molecule has 0 saturated heterocycles. The van der Waals surface area contributed by atoms with E-state index < -0.39 is 0 Å². The Morgan fingerprint density at radius 3 is 2.48 bits per heavy atom. The average Bonchev–Trinajstić information content (AvgIpc) is 3.10. The zero-order valence-corrected chi connectivity index (χ0v) is 12.6. The topological polar surface area (TPSA) is 56.1 Å². The van der Waals surface area contributed by atoms with Gasteiger partial charge in [0.2, 0.25) is 0 Å². The maximum atomic E-state index is 12.1. The van der Waals surface area contributed by atoms with Crippen LogP contribution < -0.4 is 10.1 Å². The van der Waals surface area contributed by atoms with Crippen LogP contribution in [-0.2, 0) is 0 Å². The summed E-state index contributed by atoms with van der Waals surface area (Å²) in [7, 11) is 0. The van der Waals surface area contributed by atoms with Crippen molar-refractivity contribution in [1.82, 2.24) is 15.1 Å². The van der Waals surface area contributed by atoms with Gasteiger partial charge in [-0.1, -0.05) is 36.4 Å². The lowest BCUT2D eigenvalue weighted by Crippen LogP contribution is -2.27. The second kappa shape index (κ2) is 7.26. The standard InChI is InChI=1S/C18H17N3O2/c22-18(19-11-12-23-17-9-5-2-6-10-17)15-13-20-21(14-15)16-7-3-1-4-8-16/h1-10,13-14H,11-12H2,(H,19,22). The Labute approximate surface area is 134 Å². The molecule has 0 aliphatic rings. The number of hydrogen-bond donors (Lipinski definition) is 1. The smallest absolute Gasteiger partial charge is 0.254 e. The number of hydrogen-bond acceptors (Lipinski definition) is 3. The zero-order valence-electron chi connectivity index (χ0n) is 12.6. The quantitative estimate of drug-likeness (QED) is 0.712. The molecule has 1 N–H and O–H groups in total. The van der Waals surface area contributed by atoms with Gasteiger partial charge in [0.15, 0.2) is 0 Å². The van der Waals surface area contributed by atoms with Crippen LogP contribution in [-0.4, -0.2) is 28.8 Å². The molecule has 0 spiro atoms. The molecule has 3 rings (SSSR count). The normalized spacial score (nSPS) is 10.3. The van der Waals surface area contributed by atoms with Crippen LogP contribution in [0, 0.1) is 0 Å². The number of amides is 1. The van der Waals surface area contributed by atoms with Gasteiger partial charge in [-0.15, -0.1) is 0 Å². The number of benzene rings is 2. The van der Waals surface area contributed by atoms with Crippen LogP contribution >= 0.6 is 0 Å². The molecule has 0 fully saturated rings. The molecule has 2 aromatic carbocycles. The van der Waals surface area contributed by atoms with Crippen molar-refractivity contribution >= 4 is 5.91 Å². The third-order valence-corrected chi connectivity index (χ3v) is 3.27. The molecule has 1 aromatic heterocycles. The summed E-state index contributed by atoms with van der Waals surface area (Å²) in [6.07, 6.45) is 3.27. The van der Waals surface area contributed by atoms with Crippen LogP contribution in [0.4, 0.5) is 0 Å². The van der Waals surface area contributed by atoms with E-state index in [1.807, 2.05) is 60.7 Å². The largest absolute Gasteiger partial charge is 0.492 e. The lowest BCUT2D eigenvalue weighted by Gasteiger charge is -2.06. The number of para-hydroxylation sites is 2. The van der Waals surface area contributed by atoms with E-state index >= 15 is 0 Å². The Bertz CT molecular complexity index is 754. The van der Waals surface area contributed by atoms with Gasteiger partial charge in [-0.2, -0.15) is 5.10 Å². The van der Waals surface area contributed by atoms with Gasteiger partial charge >= 0.3 is 0 Å². The molecule has 0 unspecified atom stereocenters. The van der Waals surface area contributed by atoms with E-state index in [0.29, 0.717) is 18.7 Å². The van der Waals surface area contributed by atoms with Gasteiger partial charge in [0, 0.05) is 6.20 Å². The summed E-state index contributed by atoms with van der Waals surface area (Å²) in [6.45, 7) is 0.854. The highest BCUT2D eigenvalue weighted by molar-refractivity contribution is 5.93. The van der Waals surface area contributed by atoms with Gasteiger partial charge < -0.3 is 10.1 Å². The molecule has 5 heteroatoms. The zero-order chi connectivity index (χ0) is 15.9. The minimum atomic E-state index is -0.163. The predicted molar refractivity (Wildman–Crippen MR) is 87.8 cm³/mol. The summed E-state index contributed by atoms with van der Waals surface area (Å²) in [5, 5.41) is 7.02. The summed E-state index contributed by atoms with van der Waals surface area (Å²) < 4.78 is 7.21. The summed E-state index contributed by atoms with van der Waals surface area (Å²) in [5.74, 6) is 0.627. The van der Waals surface area contributed by atoms with E-state index in [1.54, 1.807) is 17.1 Å². The third-order valence-electron chi connectivity index (χ3n) is 3.27. The van der Waals surface area contributed by atoms with Gasteiger partial charge in [0.25, 0.3) is 5.91 Å². The fourth-order valence-corrected chi connectivity index (χ4v) is 2.11. The molecule has 1 amide bonds. The van der Waals surface area contributed by atoms with Crippen molar-refractivity contribution in [2.45, 2.75) is 0 Å². The molecule has 0 aliphatic carbocycles. The Morgan fingerprint density at radius 2 is 1.74 bits per heavy atom. The number of aromatic nitrogens is 2.